The lowest BCUT2D eigenvalue weighted by atomic mass is 9.95. The lowest BCUT2D eigenvalue weighted by Crippen LogP contribution is -2.28. The minimum atomic E-state index is -0.0926. The maximum Gasteiger partial charge on any atom is 0.180 e. The first kappa shape index (κ1) is 14.8. The van der Waals surface area contributed by atoms with Crippen molar-refractivity contribution in [3.05, 3.63) is 25.3 Å². The number of carbonyl (C=O) groups is 2. The molecule has 0 aromatic carbocycles. The van der Waals surface area contributed by atoms with Gasteiger partial charge in [0.1, 0.15) is 13.2 Å². The van der Waals surface area contributed by atoms with Crippen LogP contribution < -0.4 is 0 Å². The van der Waals surface area contributed by atoms with Crippen LogP contribution in [0, 0.1) is 0 Å². The summed E-state index contributed by atoms with van der Waals surface area (Å²) in [6, 6.07) is 0. The molecule has 1 saturated carbocycles. The van der Waals surface area contributed by atoms with Crippen LogP contribution in [0.4, 0.5) is 0 Å². The molecule has 0 heterocycles. The van der Waals surface area contributed by atoms with Crippen molar-refractivity contribution >= 4 is 11.6 Å². The molecule has 1 aliphatic carbocycles. The molecule has 0 saturated heterocycles. The van der Waals surface area contributed by atoms with Crippen LogP contribution in [-0.4, -0.2) is 37.0 Å². The molecule has 0 amide bonds. The molecular weight excluding hydrogens is 232 g/mol. The quantitative estimate of drug-likeness (QED) is 0.618. The zero-order valence-electron chi connectivity index (χ0n) is 10.6. The van der Waals surface area contributed by atoms with E-state index in [1.165, 1.54) is 12.2 Å². The molecule has 0 radical (unpaired) electrons. The summed E-state index contributed by atoms with van der Waals surface area (Å²) in [4.78, 5) is 22.0. The summed E-state index contributed by atoms with van der Waals surface area (Å²) in [5.74, 6) is -0.185. The number of rotatable bonds is 8. The zero-order chi connectivity index (χ0) is 13.4. The summed E-state index contributed by atoms with van der Waals surface area (Å²) in [6.45, 7) is 7.00. The predicted octanol–water partition coefficient (Wildman–Crippen LogP) is 1.84. The number of hydrogen-bond acceptors (Lipinski definition) is 4. The van der Waals surface area contributed by atoms with Gasteiger partial charge in [-0.1, -0.05) is 13.2 Å². The summed E-state index contributed by atoms with van der Waals surface area (Å²) in [5.41, 5.74) is 0. The molecule has 0 N–H and O–H groups in total. The average molecular weight is 252 g/mol. The molecule has 18 heavy (non-hydrogen) atoms. The average Bonchev–Trinajstić information content (AvgIpc) is 2.43. The van der Waals surface area contributed by atoms with Gasteiger partial charge in [-0.3, -0.25) is 9.59 Å². The van der Waals surface area contributed by atoms with Crippen LogP contribution in [0.25, 0.3) is 0 Å². The van der Waals surface area contributed by atoms with Gasteiger partial charge in [-0.15, -0.1) is 0 Å². The van der Waals surface area contributed by atoms with E-state index in [1.807, 2.05) is 0 Å². The molecule has 0 atom stereocenters. The van der Waals surface area contributed by atoms with E-state index in [0.717, 1.165) is 25.7 Å². The SMILES string of the molecule is C=CC(=O)COC1CCC(OCC(=O)C=C)CC1. The molecule has 1 rings (SSSR count). The Morgan fingerprint density at radius 2 is 1.22 bits per heavy atom. The molecule has 0 unspecified atom stereocenters. The molecule has 100 valence electrons. The second kappa shape index (κ2) is 7.95. The topological polar surface area (TPSA) is 52.6 Å². The van der Waals surface area contributed by atoms with E-state index in [2.05, 4.69) is 13.2 Å². The van der Waals surface area contributed by atoms with Crippen molar-refractivity contribution in [1.29, 1.82) is 0 Å². The van der Waals surface area contributed by atoms with Gasteiger partial charge >= 0.3 is 0 Å². The minimum absolute atomic E-state index is 0.0926. The summed E-state index contributed by atoms with van der Waals surface area (Å²) >= 11 is 0. The summed E-state index contributed by atoms with van der Waals surface area (Å²) < 4.78 is 10.9. The van der Waals surface area contributed by atoms with Crippen LogP contribution in [0.5, 0.6) is 0 Å². The molecule has 0 aliphatic heterocycles. The van der Waals surface area contributed by atoms with E-state index in [0.29, 0.717) is 0 Å². The molecular formula is C14H20O4. The van der Waals surface area contributed by atoms with Gasteiger partial charge < -0.3 is 9.47 Å². The third-order valence-electron chi connectivity index (χ3n) is 3.00. The van der Waals surface area contributed by atoms with Gasteiger partial charge in [-0.25, -0.2) is 0 Å². The lowest BCUT2D eigenvalue weighted by Gasteiger charge is -2.28. The van der Waals surface area contributed by atoms with Crippen LogP contribution in [0.3, 0.4) is 0 Å². The number of ketones is 2. The second-order valence-electron chi connectivity index (χ2n) is 4.36. The van der Waals surface area contributed by atoms with Gasteiger partial charge in [-0.2, -0.15) is 0 Å². The maximum absolute atomic E-state index is 11.0. The Morgan fingerprint density at radius 3 is 1.50 bits per heavy atom. The fourth-order valence-corrected chi connectivity index (χ4v) is 1.88. The molecule has 1 aliphatic rings. The highest BCUT2D eigenvalue weighted by Crippen LogP contribution is 2.23. The van der Waals surface area contributed by atoms with Crippen LogP contribution >= 0.6 is 0 Å². The highest BCUT2D eigenvalue weighted by atomic mass is 16.5. The fourth-order valence-electron chi connectivity index (χ4n) is 1.88. The van der Waals surface area contributed by atoms with Crippen LogP contribution in [-0.2, 0) is 19.1 Å². The predicted molar refractivity (Wildman–Crippen MR) is 68.4 cm³/mol. The lowest BCUT2D eigenvalue weighted by molar-refractivity contribution is -0.125. The minimum Gasteiger partial charge on any atom is -0.370 e. The molecule has 0 aromatic rings. The normalized spacial score (nSPS) is 23.3. The van der Waals surface area contributed by atoms with Gasteiger partial charge in [0.2, 0.25) is 0 Å². The van der Waals surface area contributed by atoms with E-state index < -0.39 is 0 Å². The molecule has 4 nitrogen and oxygen atoms in total. The Bertz CT molecular complexity index is 282. The van der Waals surface area contributed by atoms with Crippen molar-refractivity contribution in [3.8, 4) is 0 Å². The van der Waals surface area contributed by atoms with Gasteiger partial charge in [0.15, 0.2) is 11.6 Å². The highest BCUT2D eigenvalue weighted by molar-refractivity contribution is 5.90. The Balaban J connectivity index is 2.16. The van der Waals surface area contributed by atoms with Gasteiger partial charge in [0, 0.05) is 0 Å². The number of hydrogen-bond donors (Lipinski definition) is 0. The van der Waals surface area contributed by atoms with E-state index in [4.69, 9.17) is 9.47 Å². The number of carbonyl (C=O) groups excluding carboxylic acids is 2. The van der Waals surface area contributed by atoms with E-state index in [1.54, 1.807) is 0 Å². The summed E-state index contributed by atoms with van der Waals surface area (Å²) in [7, 11) is 0. The van der Waals surface area contributed by atoms with Crippen LogP contribution in [0.2, 0.25) is 0 Å². The molecule has 0 bridgehead atoms. The Kier molecular flexibility index (Phi) is 6.54. The van der Waals surface area contributed by atoms with Crippen LogP contribution in [0.1, 0.15) is 25.7 Å². The van der Waals surface area contributed by atoms with Crippen molar-refractivity contribution < 1.29 is 19.1 Å². The highest BCUT2D eigenvalue weighted by Gasteiger charge is 2.22. The fraction of sp³-hybridized carbons (Fsp3) is 0.571. The van der Waals surface area contributed by atoms with E-state index >= 15 is 0 Å². The smallest absolute Gasteiger partial charge is 0.180 e. The Hall–Kier alpha value is -1.26. The zero-order valence-corrected chi connectivity index (χ0v) is 10.6. The van der Waals surface area contributed by atoms with Crippen molar-refractivity contribution in [3.63, 3.8) is 0 Å². The first-order chi connectivity index (χ1) is 8.65. The van der Waals surface area contributed by atoms with E-state index in [-0.39, 0.29) is 37.0 Å². The third kappa shape index (κ3) is 5.38. The number of ether oxygens (including phenoxy) is 2. The van der Waals surface area contributed by atoms with Crippen LogP contribution in [0.15, 0.2) is 25.3 Å². The van der Waals surface area contributed by atoms with Crippen molar-refractivity contribution in [2.24, 2.45) is 0 Å². The summed E-state index contributed by atoms with van der Waals surface area (Å²) in [6.07, 6.45) is 6.21. The van der Waals surface area contributed by atoms with Gasteiger partial charge in [0.25, 0.3) is 0 Å². The standard InChI is InChI=1S/C14H20O4/c1-3-11(15)9-17-13-5-7-14(8-6-13)18-10-12(16)4-2/h3-4,13-14H,1-2,5-10H2. The van der Waals surface area contributed by atoms with E-state index in [9.17, 15) is 9.59 Å². The largest absolute Gasteiger partial charge is 0.370 e. The molecule has 0 aromatic heterocycles. The molecule has 1 fully saturated rings. The van der Waals surface area contributed by atoms with Crippen molar-refractivity contribution in [2.75, 3.05) is 13.2 Å². The summed E-state index contributed by atoms with van der Waals surface area (Å²) in [5, 5.41) is 0. The monoisotopic (exact) mass is 252 g/mol. The van der Waals surface area contributed by atoms with Crippen molar-refractivity contribution in [2.45, 2.75) is 37.9 Å². The Morgan fingerprint density at radius 1 is 0.889 bits per heavy atom. The third-order valence-corrected chi connectivity index (χ3v) is 3.00. The molecule has 4 heteroatoms. The molecule has 0 spiro atoms. The van der Waals surface area contributed by atoms with Gasteiger partial charge in [-0.05, 0) is 37.8 Å². The first-order valence-electron chi connectivity index (χ1n) is 6.19. The van der Waals surface area contributed by atoms with Crippen molar-refractivity contribution in [1.82, 2.24) is 0 Å². The second-order valence-corrected chi connectivity index (χ2v) is 4.36. The van der Waals surface area contributed by atoms with Gasteiger partial charge in [0.05, 0.1) is 12.2 Å². The maximum atomic E-state index is 11.0. The Labute approximate surface area is 108 Å². The first-order valence-corrected chi connectivity index (χ1v) is 6.19.